The maximum Gasteiger partial charge on any atom is 0.0558 e. The maximum absolute atomic E-state index is 9.00. The van der Waals surface area contributed by atoms with Gasteiger partial charge in [0.25, 0.3) is 0 Å². The Morgan fingerprint density at radius 2 is 2.07 bits per heavy atom. The summed E-state index contributed by atoms with van der Waals surface area (Å²) in [6, 6.07) is 0.702. The summed E-state index contributed by atoms with van der Waals surface area (Å²) in [7, 11) is 0. The van der Waals surface area contributed by atoms with Gasteiger partial charge in [-0.05, 0) is 24.8 Å². The minimum absolute atomic E-state index is 0.171. The molecule has 0 saturated heterocycles. The van der Waals surface area contributed by atoms with E-state index in [1.807, 2.05) is 0 Å². The second kappa shape index (κ2) is 5.10. The lowest BCUT2D eigenvalue weighted by atomic mass is 9.87. The Morgan fingerprint density at radius 3 is 2.43 bits per heavy atom. The van der Waals surface area contributed by atoms with E-state index in [-0.39, 0.29) is 12.0 Å². The molecule has 3 N–H and O–H groups in total. The molecule has 1 rings (SSSR count). The summed E-state index contributed by atoms with van der Waals surface area (Å²) >= 11 is 0. The Hall–Kier alpha value is -0.120. The van der Waals surface area contributed by atoms with Gasteiger partial charge in [-0.2, -0.15) is 0 Å². The number of hydrogen-bond acceptors (Lipinski definition) is 3. The van der Waals surface area contributed by atoms with E-state index in [1.54, 1.807) is 0 Å². The molecule has 1 aliphatic rings. The number of aliphatic hydroxyl groups excluding tert-OH is 1. The van der Waals surface area contributed by atoms with Crippen LogP contribution in [0.25, 0.3) is 0 Å². The highest BCUT2D eigenvalue weighted by Gasteiger charge is 2.28. The highest BCUT2D eigenvalue weighted by molar-refractivity contribution is 4.84. The molecule has 3 heteroatoms. The summed E-state index contributed by atoms with van der Waals surface area (Å²) in [4.78, 5) is 2.40. The predicted octanol–water partition coefficient (Wildman–Crippen LogP) is 0.818. The zero-order chi connectivity index (χ0) is 10.6. The number of hydrogen-bond donors (Lipinski definition) is 2. The molecule has 0 spiro atoms. The quantitative estimate of drug-likeness (QED) is 0.667. The lowest BCUT2D eigenvalue weighted by molar-refractivity contribution is 0.0667. The van der Waals surface area contributed by atoms with Crippen LogP contribution >= 0.6 is 0 Å². The first-order chi connectivity index (χ1) is 6.59. The topological polar surface area (TPSA) is 49.5 Å². The zero-order valence-corrected chi connectivity index (χ0v) is 9.50. The summed E-state index contributed by atoms with van der Waals surface area (Å²) in [6.45, 7) is 7.16. The molecule has 0 amide bonds. The molecular weight excluding hydrogens is 176 g/mol. The lowest BCUT2D eigenvalue weighted by Gasteiger charge is -2.41. The van der Waals surface area contributed by atoms with Gasteiger partial charge in [0.05, 0.1) is 6.61 Å². The van der Waals surface area contributed by atoms with Crippen LogP contribution in [0.5, 0.6) is 0 Å². The SMILES string of the molecule is CC(C)(CN)CN(CCO)C1CCC1. The van der Waals surface area contributed by atoms with Crippen molar-refractivity contribution in [1.82, 2.24) is 4.90 Å². The zero-order valence-electron chi connectivity index (χ0n) is 9.50. The third-order valence-corrected chi connectivity index (χ3v) is 3.16. The molecule has 0 radical (unpaired) electrons. The van der Waals surface area contributed by atoms with Gasteiger partial charge in [0, 0.05) is 19.1 Å². The van der Waals surface area contributed by atoms with Gasteiger partial charge in [0.15, 0.2) is 0 Å². The average Bonchev–Trinajstić information content (AvgIpc) is 2.01. The lowest BCUT2D eigenvalue weighted by Crippen LogP contribution is -2.48. The second-order valence-electron chi connectivity index (χ2n) is 5.15. The molecule has 0 heterocycles. The first-order valence-electron chi connectivity index (χ1n) is 5.64. The van der Waals surface area contributed by atoms with E-state index in [4.69, 9.17) is 10.8 Å². The van der Waals surface area contributed by atoms with Gasteiger partial charge in [-0.25, -0.2) is 0 Å². The molecule has 14 heavy (non-hydrogen) atoms. The molecule has 1 aliphatic carbocycles. The highest BCUT2D eigenvalue weighted by atomic mass is 16.3. The van der Waals surface area contributed by atoms with Crippen molar-refractivity contribution in [3.8, 4) is 0 Å². The van der Waals surface area contributed by atoms with Crippen molar-refractivity contribution >= 4 is 0 Å². The summed E-state index contributed by atoms with van der Waals surface area (Å²) in [6.07, 6.45) is 3.93. The van der Waals surface area contributed by atoms with E-state index < -0.39 is 0 Å². The molecule has 1 fully saturated rings. The molecule has 0 bridgehead atoms. The highest BCUT2D eigenvalue weighted by Crippen LogP contribution is 2.27. The molecule has 0 aromatic rings. The third kappa shape index (κ3) is 3.23. The fraction of sp³-hybridized carbons (Fsp3) is 1.00. The van der Waals surface area contributed by atoms with Gasteiger partial charge in [-0.15, -0.1) is 0 Å². The molecule has 1 saturated carbocycles. The van der Waals surface area contributed by atoms with Crippen LogP contribution < -0.4 is 5.73 Å². The van der Waals surface area contributed by atoms with Crippen molar-refractivity contribution < 1.29 is 5.11 Å². The minimum Gasteiger partial charge on any atom is -0.395 e. The standard InChI is InChI=1S/C11H24N2O/c1-11(2,8-12)9-13(6-7-14)10-4-3-5-10/h10,14H,3-9,12H2,1-2H3. The third-order valence-electron chi connectivity index (χ3n) is 3.16. The molecular formula is C11H24N2O. The minimum atomic E-state index is 0.171. The Labute approximate surface area is 87.3 Å². The molecule has 0 aromatic heterocycles. The van der Waals surface area contributed by atoms with E-state index in [1.165, 1.54) is 19.3 Å². The Bertz CT molecular complexity index is 167. The molecule has 0 aliphatic heterocycles. The van der Waals surface area contributed by atoms with Crippen LogP contribution in [0.1, 0.15) is 33.1 Å². The van der Waals surface area contributed by atoms with Gasteiger partial charge in [0.1, 0.15) is 0 Å². The van der Waals surface area contributed by atoms with E-state index in [2.05, 4.69) is 18.7 Å². The largest absolute Gasteiger partial charge is 0.395 e. The number of nitrogens with two attached hydrogens (primary N) is 1. The normalized spacial score (nSPS) is 18.6. The van der Waals surface area contributed by atoms with Gasteiger partial charge < -0.3 is 10.8 Å². The average molecular weight is 200 g/mol. The van der Waals surface area contributed by atoms with Gasteiger partial charge in [0.2, 0.25) is 0 Å². The number of aliphatic hydroxyl groups is 1. The Morgan fingerprint density at radius 1 is 1.43 bits per heavy atom. The summed E-state index contributed by atoms with van der Waals surface area (Å²) in [5, 5.41) is 9.00. The monoisotopic (exact) mass is 200 g/mol. The summed E-state index contributed by atoms with van der Waals surface area (Å²) in [5.41, 5.74) is 5.89. The first-order valence-corrected chi connectivity index (χ1v) is 5.64. The van der Waals surface area contributed by atoms with Crippen molar-refractivity contribution in [2.45, 2.75) is 39.2 Å². The summed E-state index contributed by atoms with van der Waals surface area (Å²) < 4.78 is 0. The molecule has 3 nitrogen and oxygen atoms in total. The van der Waals surface area contributed by atoms with Crippen LogP contribution in [0.4, 0.5) is 0 Å². The smallest absolute Gasteiger partial charge is 0.0558 e. The molecule has 0 unspecified atom stereocenters. The van der Waals surface area contributed by atoms with Gasteiger partial charge in [-0.3, -0.25) is 4.90 Å². The predicted molar refractivity (Wildman–Crippen MR) is 59.1 cm³/mol. The van der Waals surface area contributed by atoms with Crippen LogP contribution in [-0.2, 0) is 0 Å². The van der Waals surface area contributed by atoms with Crippen molar-refractivity contribution in [3.05, 3.63) is 0 Å². The van der Waals surface area contributed by atoms with Crippen LogP contribution in [-0.4, -0.2) is 42.3 Å². The number of nitrogens with zero attached hydrogens (tertiary/aromatic N) is 1. The Balaban J connectivity index is 2.41. The van der Waals surface area contributed by atoms with E-state index in [0.717, 1.165) is 13.1 Å². The molecule has 84 valence electrons. The van der Waals surface area contributed by atoms with E-state index in [9.17, 15) is 0 Å². The van der Waals surface area contributed by atoms with Crippen LogP contribution in [0.15, 0.2) is 0 Å². The van der Waals surface area contributed by atoms with Crippen LogP contribution in [0.2, 0.25) is 0 Å². The second-order valence-corrected chi connectivity index (χ2v) is 5.15. The number of rotatable bonds is 6. The first kappa shape index (κ1) is 12.0. The maximum atomic E-state index is 9.00. The summed E-state index contributed by atoms with van der Waals surface area (Å²) in [5.74, 6) is 0. The fourth-order valence-electron chi connectivity index (χ4n) is 1.89. The Kier molecular flexibility index (Phi) is 4.35. The van der Waals surface area contributed by atoms with Crippen molar-refractivity contribution in [1.29, 1.82) is 0 Å². The van der Waals surface area contributed by atoms with Crippen molar-refractivity contribution in [2.75, 3.05) is 26.2 Å². The fourth-order valence-corrected chi connectivity index (χ4v) is 1.89. The van der Waals surface area contributed by atoms with Gasteiger partial charge in [-0.1, -0.05) is 20.3 Å². The van der Waals surface area contributed by atoms with Crippen molar-refractivity contribution in [3.63, 3.8) is 0 Å². The van der Waals surface area contributed by atoms with Crippen LogP contribution in [0.3, 0.4) is 0 Å². The van der Waals surface area contributed by atoms with Crippen molar-refractivity contribution in [2.24, 2.45) is 11.1 Å². The van der Waals surface area contributed by atoms with Crippen LogP contribution in [0, 0.1) is 5.41 Å². The van der Waals surface area contributed by atoms with Gasteiger partial charge >= 0.3 is 0 Å². The van der Waals surface area contributed by atoms with E-state index in [0.29, 0.717) is 12.6 Å². The molecule has 0 aromatic carbocycles. The molecule has 0 atom stereocenters. The van der Waals surface area contributed by atoms with E-state index >= 15 is 0 Å².